The second-order valence-corrected chi connectivity index (χ2v) is 9.56. The average Bonchev–Trinajstić information content (AvgIpc) is 3.60. The normalized spacial score (nSPS) is 13.8. The Balaban J connectivity index is 1.36. The third-order valence-electron chi connectivity index (χ3n) is 7.14. The first-order chi connectivity index (χ1) is 20.1. The van der Waals surface area contributed by atoms with E-state index in [2.05, 4.69) is 10.1 Å². The van der Waals surface area contributed by atoms with Gasteiger partial charge in [0.2, 0.25) is 11.8 Å². The number of fused-ring (bicyclic) bond motifs is 4. The zero-order valence-electron chi connectivity index (χ0n) is 22.7. The van der Waals surface area contributed by atoms with Gasteiger partial charge in [0.05, 0.1) is 42.6 Å². The summed E-state index contributed by atoms with van der Waals surface area (Å²) in [4.78, 5) is 9.56. The predicted molar refractivity (Wildman–Crippen MR) is 150 cm³/mol. The maximum atomic E-state index is 6.49. The fourth-order valence-corrected chi connectivity index (χ4v) is 5.24. The number of aromatic nitrogens is 6. The molecule has 204 valence electrons. The highest BCUT2D eigenvalue weighted by Gasteiger charge is 2.38. The lowest BCUT2D eigenvalue weighted by Crippen LogP contribution is -2.16. The SMILES string of the molecule is COc1ccc([C@H]2c3c(C)nn(-c4ccccc4)c3Oc3ncn4nc(COc5ccccc5OC)nc4c32)cc1. The Morgan fingerprint density at radius 3 is 2.34 bits per heavy atom. The summed E-state index contributed by atoms with van der Waals surface area (Å²) in [6, 6.07) is 25.4. The molecule has 10 nitrogen and oxygen atoms in total. The van der Waals surface area contributed by atoms with E-state index in [4.69, 9.17) is 29.0 Å². The van der Waals surface area contributed by atoms with E-state index in [-0.39, 0.29) is 12.5 Å². The van der Waals surface area contributed by atoms with Crippen molar-refractivity contribution in [1.82, 2.24) is 29.4 Å². The van der Waals surface area contributed by atoms with Crippen LogP contribution in [0.4, 0.5) is 0 Å². The first kappa shape index (κ1) is 24.6. The van der Waals surface area contributed by atoms with E-state index < -0.39 is 0 Å². The van der Waals surface area contributed by atoms with Crippen LogP contribution in [0, 0.1) is 6.92 Å². The molecule has 10 heteroatoms. The van der Waals surface area contributed by atoms with Gasteiger partial charge < -0.3 is 18.9 Å². The summed E-state index contributed by atoms with van der Waals surface area (Å²) in [5, 5.41) is 9.54. The molecule has 0 spiro atoms. The second kappa shape index (κ2) is 9.98. The van der Waals surface area contributed by atoms with Crippen molar-refractivity contribution in [2.45, 2.75) is 19.4 Å². The van der Waals surface area contributed by atoms with Crippen molar-refractivity contribution in [2.75, 3.05) is 14.2 Å². The van der Waals surface area contributed by atoms with Crippen molar-refractivity contribution in [3.8, 4) is 34.7 Å². The van der Waals surface area contributed by atoms with Gasteiger partial charge in [-0.1, -0.05) is 42.5 Å². The van der Waals surface area contributed by atoms with Crippen molar-refractivity contribution in [1.29, 1.82) is 0 Å². The first-order valence-corrected chi connectivity index (χ1v) is 13.1. The topological polar surface area (TPSA) is 97.8 Å². The molecule has 0 aliphatic carbocycles. The van der Waals surface area contributed by atoms with E-state index in [9.17, 15) is 0 Å². The number of ether oxygens (including phenoxy) is 4. The molecule has 0 saturated heterocycles. The average molecular weight is 547 g/mol. The molecule has 7 rings (SSSR count). The largest absolute Gasteiger partial charge is 0.497 e. The van der Waals surface area contributed by atoms with E-state index in [1.807, 2.05) is 90.5 Å². The molecule has 0 radical (unpaired) electrons. The second-order valence-electron chi connectivity index (χ2n) is 9.56. The highest BCUT2D eigenvalue weighted by Crippen LogP contribution is 2.49. The fourth-order valence-electron chi connectivity index (χ4n) is 5.24. The maximum Gasteiger partial charge on any atom is 0.230 e. The smallest absolute Gasteiger partial charge is 0.230 e. The Bertz CT molecular complexity index is 1860. The molecule has 4 heterocycles. The molecule has 41 heavy (non-hydrogen) atoms. The van der Waals surface area contributed by atoms with Gasteiger partial charge in [-0.15, -0.1) is 5.10 Å². The number of rotatable bonds is 7. The van der Waals surface area contributed by atoms with Crippen LogP contribution in [-0.2, 0) is 6.61 Å². The van der Waals surface area contributed by atoms with Gasteiger partial charge in [-0.3, -0.25) is 0 Å². The number of hydrogen-bond acceptors (Lipinski definition) is 8. The van der Waals surface area contributed by atoms with E-state index in [0.717, 1.165) is 33.8 Å². The van der Waals surface area contributed by atoms with Crippen LogP contribution in [0.2, 0.25) is 0 Å². The summed E-state index contributed by atoms with van der Waals surface area (Å²) in [6.07, 6.45) is 1.61. The number of para-hydroxylation sites is 3. The van der Waals surface area contributed by atoms with Crippen molar-refractivity contribution in [3.05, 3.63) is 113 Å². The van der Waals surface area contributed by atoms with Crippen LogP contribution in [0.25, 0.3) is 11.3 Å². The van der Waals surface area contributed by atoms with Gasteiger partial charge in [0.15, 0.2) is 23.0 Å². The summed E-state index contributed by atoms with van der Waals surface area (Å²) < 4.78 is 26.8. The Morgan fingerprint density at radius 2 is 1.59 bits per heavy atom. The highest BCUT2D eigenvalue weighted by molar-refractivity contribution is 5.66. The van der Waals surface area contributed by atoms with Gasteiger partial charge in [0, 0.05) is 0 Å². The number of nitrogens with zero attached hydrogens (tertiary/aromatic N) is 6. The van der Waals surface area contributed by atoms with Crippen LogP contribution >= 0.6 is 0 Å². The van der Waals surface area contributed by atoms with Gasteiger partial charge >= 0.3 is 0 Å². The molecular formula is C31H26N6O4. The zero-order valence-corrected chi connectivity index (χ0v) is 22.7. The van der Waals surface area contributed by atoms with E-state index in [1.165, 1.54) is 0 Å². The first-order valence-electron chi connectivity index (χ1n) is 13.1. The summed E-state index contributed by atoms with van der Waals surface area (Å²) in [6.45, 7) is 2.15. The molecule has 1 aliphatic heterocycles. The molecule has 0 N–H and O–H groups in total. The predicted octanol–water partition coefficient (Wildman–Crippen LogP) is 5.50. The van der Waals surface area contributed by atoms with Crippen molar-refractivity contribution in [2.24, 2.45) is 0 Å². The fraction of sp³-hybridized carbons (Fsp3) is 0.161. The molecule has 0 bridgehead atoms. The Labute approximate surface area is 235 Å². The van der Waals surface area contributed by atoms with Gasteiger partial charge in [0.1, 0.15) is 18.7 Å². The third-order valence-corrected chi connectivity index (χ3v) is 7.14. The van der Waals surface area contributed by atoms with E-state index in [1.54, 1.807) is 25.1 Å². The Hall–Kier alpha value is -5.38. The molecule has 1 atom stereocenters. The lowest BCUT2D eigenvalue weighted by molar-refractivity contribution is 0.276. The summed E-state index contributed by atoms with van der Waals surface area (Å²) in [7, 11) is 3.27. The van der Waals surface area contributed by atoms with Crippen LogP contribution in [0.5, 0.6) is 29.0 Å². The zero-order chi connectivity index (χ0) is 27.9. The molecule has 3 aromatic heterocycles. The Morgan fingerprint density at radius 1 is 0.829 bits per heavy atom. The quantitative estimate of drug-likeness (QED) is 0.259. The molecule has 1 aliphatic rings. The molecule has 0 fully saturated rings. The highest BCUT2D eigenvalue weighted by atomic mass is 16.5. The number of benzene rings is 3. The van der Waals surface area contributed by atoms with Crippen LogP contribution in [0.15, 0.2) is 85.2 Å². The molecular weight excluding hydrogens is 520 g/mol. The van der Waals surface area contributed by atoms with Gasteiger partial charge in [0.25, 0.3) is 0 Å². The molecule has 6 aromatic rings. The molecule has 0 amide bonds. The van der Waals surface area contributed by atoms with Crippen molar-refractivity contribution in [3.63, 3.8) is 0 Å². The van der Waals surface area contributed by atoms with Gasteiger partial charge in [-0.25, -0.2) is 19.2 Å². The van der Waals surface area contributed by atoms with E-state index in [0.29, 0.717) is 34.7 Å². The van der Waals surface area contributed by atoms with Crippen LogP contribution in [0.3, 0.4) is 0 Å². The van der Waals surface area contributed by atoms with Gasteiger partial charge in [-0.2, -0.15) is 5.10 Å². The van der Waals surface area contributed by atoms with E-state index >= 15 is 0 Å². The third kappa shape index (κ3) is 4.20. The molecule has 0 saturated carbocycles. The monoisotopic (exact) mass is 546 g/mol. The van der Waals surface area contributed by atoms with Crippen molar-refractivity contribution >= 4 is 5.65 Å². The lowest BCUT2D eigenvalue weighted by Gasteiger charge is -2.26. The van der Waals surface area contributed by atoms with Gasteiger partial charge in [-0.05, 0) is 48.9 Å². The lowest BCUT2D eigenvalue weighted by atomic mass is 9.84. The summed E-state index contributed by atoms with van der Waals surface area (Å²) >= 11 is 0. The van der Waals surface area contributed by atoms with Crippen LogP contribution < -0.4 is 18.9 Å². The van der Waals surface area contributed by atoms with Crippen LogP contribution in [-0.4, -0.2) is 43.6 Å². The van der Waals surface area contributed by atoms with Crippen molar-refractivity contribution < 1.29 is 18.9 Å². The molecule has 0 unspecified atom stereocenters. The van der Waals surface area contributed by atoms with Crippen LogP contribution in [0.1, 0.15) is 34.1 Å². The minimum atomic E-state index is -0.263. The number of aryl methyl sites for hydroxylation is 1. The summed E-state index contributed by atoms with van der Waals surface area (Å²) in [5.41, 5.74) is 5.14. The number of hydrogen-bond donors (Lipinski definition) is 0. The molecule has 3 aromatic carbocycles. The minimum Gasteiger partial charge on any atom is -0.497 e. The summed E-state index contributed by atoms with van der Waals surface area (Å²) in [5.74, 6) is 3.34. The minimum absolute atomic E-state index is 0.154. The Kier molecular flexibility index (Phi) is 6.00. The maximum absolute atomic E-state index is 6.49. The standard InChI is InChI=1S/C31H26N6O4/c1-19-26-27(20-13-15-22(38-2)16-14-20)28-29-33-25(17-40-24-12-8-7-11-23(24)39-3)35-36(29)18-32-30(28)41-31(26)37(34-19)21-9-5-4-6-10-21/h4-16,18,27H,17H2,1-3H3/t27-/m0/s1. The number of methoxy groups -OCH3 is 2.